The van der Waals surface area contributed by atoms with E-state index < -0.39 is 11.5 Å². The maximum Gasteiger partial charge on any atom is 0.324 e. The number of hydrogen-bond donors (Lipinski definition) is 1. The van der Waals surface area contributed by atoms with Gasteiger partial charge >= 0.3 is 5.97 Å². The molecule has 2 fully saturated rings. The van der Waals surface area contributed by atoms with Crippen LogP contribution in [0.15, 0.2) is 78.9 Å². The van der Waals surface area contributed by atoms with E-state index in [2.05, 4.69) is 59.1 Å². The Hall–Kier alpha value is -4.60. The van der Waals surface area contributed by atoms with Crippen molar-refractivity contribution in [2.75, 3.05) is 6.54 Å². The third-order valence-corrected chi connectivity index (χ3v) is 10.1. The van der Waals surface area contributed by atoms with E-state index in [0.29, 0.717) is 25.4 Å². The van der Waals surface area contributed by atoms with Gasteiger partial charge in [0.05, 0.1) is 6.57 Å². The minimum atomic E-state index is -0.749. The van der Waals surface area contributed by atoms with Crippen molar-refractivity contribution in [3.63, 3.8) is 0 Å². The minimum Gasteiger partial charge on any atom is -0.488 e. The molecule has 4 aromatic carbocycles. The van der Waals surface area contributed by atoms with Crippen LogP contribution in [0.4, 0.5) is 5.69 Å². The second kappa shape index (κ2) is 12.1. The van der Waals surface area contributed by atoms with Gasteiger partial charge in [-0.15, -0.1) is 0 Å². The number of carbonyl (C=O) groups is 1. The van der Waals surface area contributed by atoms with Crippen molar-refractivity contribution in [3.05, 3.63) is 124 Å². The monoisotopic (exact) mass is 598 g/mol. The highest BCUT2D eigenvalue weighted by molar-refractivity contribution is 5.83. The quantitative estimate of drug-likeness (QED) is 0.186. The molecule has 0 spiro atoms. The molecule has 0 radical (unpaired) electrons. The number of rotatable bonds is 10. The standard InChI is InChI=1S/C39H38N2O4/c1-26-29(13-7-16-32(26)28-11-4-3-5-12-28)25-45-36-21-37(44-24-27-10-6-15-31(20-27)40-2)35(33-17-8-18-34(33)36)23-41-19-9-14-30-22-39(30,41)38(42)43/h3-7,10-13,15-16,20-21,30H,8-9,14,17-19,22-25H2,1H3,(H,42,43)/t30-,39+/m1/s1. The Labute approximate surface area is 265 Å². The summed E-state index contributed by atoms with van der Waals surface area (Å²) in [5.74, 6) is 1.12. The predicted octanol–water partition coefficient (Wildman–Crippen LogP) is 8.30. The lowest BCUT2D eigenvalue weighted by molar-refractivity contribution is -0.147. The van der Waals surface area contributed by atoms with E-state index in [0.717, 1.165) is 73.3 Å². The molecular weight excluding hydrogens is 560 g/mol. The van der Waals surface area contributed by atoms with Gasteiger partial charge in [0.1, 0.15) is 30.3 Å². The van der Waals surface area contributed by atoms with E-state index >= 15 is 0 Å². The van der Waals surface area contributed by atoms with Crippen LogP contribution >= 0.6 is 0 Å². The summed E-state index contributed by atoms with van der Waals surface area (Å²) in [5, 5.41) is 10.3. The van der Waals surface area contributed by atoms with Crippen molar-refractivity contribution in [3.8, 4) is 22.6 Å². The van der Waals surface area contributed by atoms with Gasteiger partial charge in [-0.25, -0.2) is 4.85 Å². The number of piperidine rings is 1. The number of benzene rings is 4. The fourth-order valence-corrected chi connectivity index (χ4v) is 7.61. The van der Waals surface area contributed by atoms with Gasteiger partial charge in [0, 0.05) is 18.2 Å². The summed E-state index contributed by atoms with van der Waals surface area (Å²) in [4.78, 5) is 18.3. The number of nitrogens with zero attached hydrogens (tertiary/aromatic N) is 2. The molecule has 1 aliphatic heterocycles. The predicted molar refractivity (Wildman–Crippen MR) is 175 cm³/mol. The highest BCUT2D eigenvalue weighted by Crippen LogP contribution is 2.55. The van der Waals surface area contributed by atoms with E-state index in [1.165, 1.54) is 27.8 Å². The molecular formula is C39H38N2O4. The Balaban J connectivity index is 1.22. The Morgan fingerprint density at radius 1 is 0.956 bits per heavy atom. The summed E-state index contributed by atoms with van der Waals surface area (Å²) in [5.41, 5.74) is 9.05. The third kappa shape index (κ3) is 5.47. The number of aliphatic carboxylic acids is 1. The van der Waals surface area contributed by atoms with Crippen LogP contribution in [0.25, 0.3) is 16.0 Å². The van der Waals surface area contributed by atoms with Gasteiger partial charge in [0.2, 0.25) is 0 Å². The Kier molecular flexibility index (Phi) is 7.81. The van der Waals surface area contributed by atoms with Crippen LogP contribution in [-0.4, -0.2) is 28.1 Å². The molecule has 45 heavy (non-hydrogen) atoms. The van der Waals surface area contributed by atoms with Gasteiger partial charge in [-0.1, -0.05) is 66.7 Å². The zero-order valence-electron chi connectivity index (χ0n) is 25.7. The van der Waals surface area contributed by atoms with Crippen LogP contribution in [-0.2, 0) is 37.4 Å². The maximum atomic E-state index is 12.5. The van der Waals surface area contributed by atoms with Gasteiger partial charge in [0.15, 0.2) is 5.69 Å². The molecule has 1 saturated carbocycles. The summed E-state index contributed by atoms with van der Waals surface area (Å²) in [6.45, 7) is 11.7. The molecule has 1 N–H and O–H groups in total. The number of ether oxygens (including phenoxy) is 2. The average molecular weight is 599 g/mol. The van der Waals surface area contributed by atoms with Gasteiger partial charge < -0.3 is 14.6 Å². The van der Waals surface area contributed by atoms with Gasteiger partial charge in [0.25, 0.3) is 0 Å². The van der Waals surface area contributed by atoms with Gasteiger partial charge in [-0.05, 0) is 103 Å². The van der Waals surface area contributed by atoms with Crippen molar-refractivity contribution in [2.24, 2.45) is 5.92 Å². The molecule has 0 amide bonds. The van der Waals surface area contributed by atoms with E-state index in [4.69, 9.17) is 16.0 Å². The summed E-state index contributed by atoms with van der Waals surface area (Å²) in [6, 6.07) is 26.4. The highest BCUT2D eigenvalue weighted by Gasteiger charge is 2.65. The molecule has 4 aromatic rings. The molecule has 0 bridgehead atoms. The second-order valence-electron chi connectivity index (χ2n) is 12.7. The van der Waals surface area contributed by atoms with Gasteiger partial charge in [-0.2, -0.15) is 0 Å². The number of fused-ring (bicyclic) bond motifs is 2. The summed E-state index contributed by atoms with van der Waals surface area (Å²) < 4.78 is 13.2. The molecule has 2 aliphatic carbocycles. The molecule has 0 aromatic heterocycles. The minimum absolute atomic E-state index is 0.232. The lowest BCUT2D eigenvalue weighted by atomic mass is 9.96. The van der Waals surface area contributed by atoms with Crippen LogP contribution in [0, 0.1) is 19.4 Å². The fourth-order valence-electron chi connectivity index (χ4n) is 7.61. The summed E-state index contributed by atoms with van der Waals surface area (Å²) in [6.07, 6.45) is 5.62. The van der Waals surface area contributed by atoms with Crippen LogP contribution in [0.5, 0.6) is 11.5 Å². The van der Waals surface area contributed by atoms with E-state index in [9.17, 15) is 9.90 Å². The first-order valence-electron chi connectivity index (χ1n) is 16.0. The Morgan fingerprint density at radius 3 is 2.58 bits per heavy atom. The van der Waals surface area contributed by atoms with Crippen LogP contribution < -0.4 is 9.47 Å². The largest absolute Gasteiger partial charge is 0.488 e. The number of hydrogen-bond acceptors (Lipinski definition) is 4. The molecule has 2 atom stereocenters. The van der Waals surface area contributed by atoms with Crippen molar-refractivity contribution in [1.82, 2.24) is 4.90 Å². The molecule has 7 rings (SSSR count). The first kappa shape index (κ1) is 29.1. The maximum absolute atomic E-state index is 12.5. The summed E-state index contributed by atoms with van der Waals surface area (Å²) >= 11 is 0. The average Bonchev–Trinajstić information content (AvgIpc) is 3.65. The van der Waals surface area contributed by atoms with Crippen molar-refractivity contribution >= 4 is 11.7 Å². The zero-order chi connectivity index (χ0) is 31.0. The van der Waals surface area contributed by atoms with Gasteiger partial charge in [-0.3, -0.25) is 9.69 Å². The van der Waals surface area contributed by atoms with Crippen LogP contribution in [0.2, 0.25) is 0 Å². The lowest BCUT2D eigenvalue weighted by Crippen LogP contribution is -2.47. The zero-order valence-corrected chi connectivity index (χ0v) is 25.7. The van der Waals surface area contributed by atoms with E-state index in [1.54, 1.807) is 6.07 Å². The SMILES string of the molecule is [C-]#[N+]c1cccc(COc2cc(OCc3cccc(-c4ccccc4)c3C)c3c(c2CN2CCC[C@@H]4C[C@@]42C(=O)O)CCC3)c1. The molecule has 228 valence electrons. The molecule has 3 aliphatic rings. The first-order chi connectivity index (χ1) is 22.0. The first-order valence-corrected chi connectivity index (χ1v) is 16.0. The molecule has 6 nitrogen and oxygen atoms in total. The van der Waals surface area contributed by atoms with E-state index in [-0.39, 0.29) is 5.92 Å². The Bertz CT molecular complexity index is 1790. The smallest absolute Gasteiger partial charge is 0.324 e. The topological polar surface area (TPSA) is 63.4 Å². The van der Waals surface area contributed by atoms with Crippen molar-refractivity contribution < 1.29 is 19.4 Å². The number of carboxylic acids is 1. The number of carboxylic acid groups (broad SMARTS) is 1. The Morgan fingerprint density at radius 2 is 1.76 bits per heavy atom. The normalized spacial score (nSPS) is 20.1. The van der Waals surface area contributed by atoms with Crippen LogP contribution in [0.1, 0.15) is 59.1 Å². The molecule has 6 heteroatoms. The van der Waals surface area contributed by atoms with E-state index in [1.807, 2.05) is 30.3 Å². The molecule has 1 heterocycles. The van der Waals surface area contributed by atoms with Crippen LogP contribution in [0.3, 0.4) is 0 Å². The second-order valence-corrected chi connectivity index (χ2v) is 12.7. The molecule has 1 saturated heterocycles. The van der Waals surface area contributed by atoms with Crippen molar-refractivity contribution in [1.29, 1.82) is 0 Å². The lowest BCUT2D eigenvalue weighted by Gasteiger charge is -2.34. The van der Waals surface area contributed by atoms with Crippen molar-refractivity contribution in [2.45, 2.75) is 70.7 Å². The number of likely N-dealkylation sites (tertiary alicyclic amines) is 1. The third-order valence-electron chi connectivity index (χ3n) is 10.1. The summed E-state index contributed by atoms with van der Waals surface area (Å²) in [7, 11) is 0. The highest BCUT2D eigenvalue weighted by atomic mass is 16.5. The fraction of sp³-hybridized carbons (Fsp3) is 0.333. The molecule has 0 unspecified atom stereocenters.